The molecule has 0 amide bonds. The second kappa shape index (κ2) is 7.53. The van der Waals surface area contributed by atoms with Crippen LogP contribution in [0.4, 0.5) is 0 Å². The number of rotatable bonds is 4. The molecule has 0 fully saturated rings. The number of hydrogen-bond acceptors (Lipinski definition) is 5. The Labute approximate surface area is 176 Å². The maximum atomic E-state index is 4.61. The number of aromatic amines is 2. The lowest BCUT2D eigenvalue weighted by molar-refractivity contribution is 1.06. The van der Waals surface area contributed by atoms with Gasteiger partial charge in [0.1, 0.15) is 5.69 Å². The number of pyridine rings is 1. The van der Waals surface area contributed by atoms with Gasteiger partial charge in [-0.3, -0.25) is 20.1 Å². The van der Waals surface area contributed by atoms with Crippen LogP contribution in [0.5, 0.6) is 0 Å². The molecule has 0 aliphatic rings. The van der Waals surface area contributed by atoms with Crippen molar-refractivity contribution >= 4 is 40.0 Å². The molecule has 0 radical (unpaired) electrons. The molecule has 7 heteroatoms. The zero-order chi connectivity index (χ0) is 20.5. The Morgan fingerprint density at radius 1 is 1.13 bits per heavy atom. The SMILES string of the molecule is C=C(/C=c1/c(-c2cc3c(-c4cccs4)nccc3[nH]2)n[nH]/c1=C/C)c1cnccn1. The van der Waals surface area contributed by atoms with Crippen molar-refractivity contribution in [2.75, 3.05) is 0 Å². The highest BCUT2D eigenvalue weighted by Gasteiger charge is 2.13. The Kier molecular flexibility index (Phi) is 4.57. The summed E-state index contributed by atoms with van der Waals surface area (Å²) in [4.78, 5) is 17.7. The fourth-order valence-electron chi connectivity index (χ4n) is 3.44. The van der Waals surface area contributed by atoms with Gasteiger partial charge in [-0.2, -0.15) is 5.10 Å². The number of nitrogens with zero attached hydrogens (tertiary/aromatic N) is 4. The van der Waals surface area contributed by atoms with Crippen molar-refractivity contribution in [3.63, 3.8) is 0 Å². The summed E-state index contributed by atoms with van der Waals surface area (Å²) < 4.78 is 0. The topological polar surface area (TPSA) is 83.1 Å². The number of nitrogens with one attached hydrogen (secondary N) is 2. The van der Waals surface area contributed by atoms with Gasteiger partial charge < -0.3 is 4.98 Å². The van der Waals surface area contributed by atoms with E-state index in [-0.39, 0.29) is 0 Å². The highest BCUT2D eigenvalue weighted by Crippen LogP contribution is 2.31. The van der Waals surface area contributed by atoms with Crippen LogP contribution in [0.3, 0.4) is 0 Å². The molecule has 5 aromatic rings. The molecule has 0 saturated heterocycles. The largest absolute Gasteiger partial charge is 0.353 e. The predicted octanol–water partition coefficient (Wildman–Crippen LogP) is 3.77. The minimum absolute atomic E-state index is 0.729. The summed E-state index contributed by atoms with van der Waals surface area (Å²) in [6, 6.07) is 8.21. The molecule has 5 aromatic heterocycles. The predicted molar refractivity (Wildman–Crippen MR) is 122 cm³/mol. The Balaban J connectivity index is 1.68. The summed E-state index contributed by atoms with van der Waals surface area (Å²) in [6.45, 7) is 6.14. The number of fused-ring (bicyclic) bond motifs is 1. The van der Waals surface area contributed by atoms with Crippen molar-refractivity contribution in [3.8, 4) is 22.0 Å². The molecule has 146 valence electrons. The highest BCUT2D eigenvalue weighted by molar-refractivity contribution is 7.13. The number of aromatic nitrogens is 6. The summed E-state index contributed by atoms with van der Waals surface area (Å²) in [6.07, 6.45) is 10.8. The van der Waals surface area contributed by atoms with Crippen LogP contribution in [0, 0.1) is 0 Å². The van der Waals surface area contributed by atoms with E-state index in [9.17, 15) is 0 Å². The zero-order valence-corrected chi connectivity index (χ0v) is 17.1. The summed E-state index contributed by atoms with van der Waals surface area (Å²) >= 11 is 1.68. The highest BCUT2D eigenvalue weighted by atomic mass is 32.1. The van der Waals surface area contributed by atoms with Crippen molar-refractivity contribution in [2.24, 2.45) is 0 Å². The van der Waals surface area contributed by atoms with E-state index in [2.05, 4.69) is 54.2 Å². The lowest BCUT2D eigenvalue weighted by Gasteiger charge is -1.98. The third kappa shape index (κ3) is 3.15. The molecule has 2 N–H and O–H groups in total. The molecule has 0 unspecified atom stereocenters. The average molecular weight is 411 g/mol. The first-order chi connectivity index (χ1) is 14.7. The maximum Gasteiger partial charge on any atom is 0.116 e. The summed E-state index contributed by atoms with van der Waals surface area (Å²) in [5.74, 6) is 0. The molecule has 0 aromatic carbocycles. The van der Waals surface area contributed by atoms with Crippen molar-refractivity contribution < 1.29 is 0 Å². The van der Waals surface area contributed by atoms with Gasteiger partial charge in [-0.1, -0.05) is 18.7 Å². The molecule has 6 nitrogen and oxygen atoms in total. The first-order valence-electron chi connectivity index (χ1n) is 9.44. The minimum atomic E-state index is 0.729. The Morgan fingerprint density at radius 2 is 2.07 bits per heavy atom. The summed E-state index contributed by atoms with van der Waals surface area (Å²) in [5.41, 5.74) is 5.22. The van der Waals surface area contributed by atoms with Crippen LogP contribution in [0.2, 0.25) is 0 Å². The van der Waals surface area contributed by atoms with Crippen LogP contribution < -0.4 is 10.6 Å². The number of thiophene rings is 1. The number of allylic oxidation sites excluding steroid dienone is 1. The molecule has 0 saturated carbocycles. The molecule has 0 aliphatic carbocycles. The molecule has 0 aliphatic heterocycles. The smallest absolute Gasteiger partial charge is 0.116 e. The molecule has 30 heavy (non-hydrogen) atoms. The lowest BCUT2D eigenvalue weighted by atomic mass is 10.1. The van der Waals surface area contributed by atoms with E-state index < -0.39 is 0 Å². The third-order valence-corrected chi connectivity index (χ3v) is 5.77. The third-order valence-electron chi connectivity index (χ3n) is 4.89. The van der Waals surface area contributed by atoms with Gasteiger partial charge in [0, 0.05) is 34.7 Å². The first kappa shape index (κ1) is 18.2. The minimum Gasteiger partial charge on any atom is -0.353 e. The molecule has 5 rings (SSSR count). The maximum absolute atomic E-state index is 4.61. The molecule has 0 bridgehead atoms. The first-order valence-corrected chi connectivity index (χ1v) is 10.3. The van der Waals surface area contributed by atoms with Crippen LogP contribution in [-0.2, 0) is 0 Å². The standard InChI is InChI=1S/C23H18N6S/c1-3-17-15(11-14(2)20-13-24-8-9-25-20)22(29-28-17)19-12-16-18(27-19)6-7-26-23(16)21-5-4-10-30-21/h3-13,27-28H,2H2,1H3/b15-11+,17-3+. The normalized spacial score (nSPS) is 12.7. The van der Waals surface area contributed by atoms with E-state index in [1.807, 2.05) is 37.4 Å². The van der Waals surface area contributed by atoms with Crippen LogP contribution >= 0.6 is 11.3 Å². The fourth-order valence-corrected chi connectivity index (χ4v) is 4.17. The Bertz CT molecular complexity index is 1460. The van der Waals surface area contributed by atoms with Gasteiger partial charge in [0.15, 0.2) is 0 Å². The molecule has 0 spiro atoms. The van der Waals surface area contributed by atoms with E-state index >= 15 is 0 Å². The second-order valence-corrected chi connectivity index (χ2v) is 7.68. The summed E-state index contributed by atoms with van der Waals surface area (Å²) in [5, 5.41) is 12.7. The van der Waals surface area contributed by atoms with Gasteiger partial charge >= 0.3 is 0 Å². The number of H-pyrrole nitrogens is 2. The van der Waals surface area contributed by atoms with Gasteiger partial charge in [-0.05, 0) is 42.2 Å². The fraction of sp³-hybridized carbons (Fsp3) is 0.0435. The van der Waals surface area contributed by atoms with E-state index in [4.69, 9.17) is 0 Å². The number of hydrogen-bond donors (Lipinski definition) is 2. The lowest BCUT2D eigenvalue weighted by Crippen LogP contribution is -2.23. The van der Waals surface area contributed by atoms with E-state index in [1.54, 1.807) is 29.9 Å². The molecule has 5 heterocycles. The van der Waals surface area contributed by atoms with Crippen LogP contribution in [0.25, 0.3) is 50.6 Å². The van der Waals surface area contributed by atoms with Crippen LogP contribution in [-0.4, -0.2) is 30.1 Å². The average Bonchev–Trinajstić information content (AvgIpc) is 3.53. The van der Waals surface area contributed by atoms with Gasteiger partial charge in [-0.15, -0.1) is 11.3 Å². The van der Waals surface area contributed by atoms with E-state index in [1.165, 1.54) is 0 Å². The quantitative estimate of drug-likeness (QED) is 0.472. The van der Waals surface area contributed by atoms with Gasteiger partial charge in [-0.25, -0.2) is 0 Å². The van der Waals surface area contributed by atoms with Crippen LogP contribution in [0.15, 0.2) is 61.0 Å². The van der Waals surface area contributed by atoms with Crippen LogP contribution in [0.1, 0.15) is 12.6 Å². The monoisotopic (exact) mass is 410 g/mol. The molecular weight excluding hydrogens is 392 g/mol. The second-order valence-electron chi connectivity index (χ2n) is 6.73. The van der Waals surface area contributed by atoms with E-state index in [0.29, 0.717) is 0 Å². The van der Waals surface area contributed by atoms with Gasteiger partial charge in [0.25, 0.3) is 0 Å². The van der Waals surface area contributed by atoms with E-state index in [0.717, 1.165) is 54.7 Å². The molecular formula is C23H18N6S. The van der Waals surface area contributed by atoms with Crippen molar-refractivity contribution in [3.05, 3.63) is 77.3 Å². The van der Waals surface area contributed by atoms with Gasteiger partial charge in [0.2, 0.25) is 0 Å². The molecule has 0 atom stereocenters. The summed E-state index contributed by atoms with van der Waals surface area (Å²) in [7, 11) is 0. The zero-order valence-electron chi connectivity index (χ0n) is 16.3. The van der Waals surface area contributed by atoms with Crippen molar-refractivity contribution in [1.82, 2.24) is 30.1 Å². The Hall–Kier alpha value is -3.84. The van der Waals surface area contributed by atoms with Crippen molar-refractivity contribution in [2.45, 2.75) is 6.92 Å². The van der Waals surface area contributed by atoms with Crippen molar-refractivity contribution in [1.29, 1.82) is 0 Å². The van der Waals surface area contributed by atoms with Gasteiger partial charge in [0.05, 0.1) is 33.5 Å². The Morgan fingerprint density at radius 3 is 2.83 bits per heavy atom.